The highest BCUT2D eigenvalue weighted by Gasteiger charge is 2.22. The van der Waals surface area contributed by atoms with Crippen LogP contribution in [0.15, 0.2) is 12.4 Å². The van der Waals surface area contributed by atoms with E-state index in [1.54, 1.807) is 6.20 Å². The number of aromatic nitrogens is 2. The lowest BCUT2D eigenvalue weighted by molar-refractivity contribution is 0.421. The van der Waals surface area contributed by atoms with E-state index in [4.69, 9.17) is 0 Å². The Bertz CT molecular complexity index is 243. The predicted octanol–water partition coefficient (Wildman–Crippen LogP) is 1.69. The van der Waals surface area contributed by atoms with Gasteiger partial charge in [0.25, 0.3) is 0 Å². The summed E-state index contributed by atoms with van der Waals surface area (Å²) in [5.41, 5.74) is 0. The molecule has 3 nitrogen and oxygen atoms in total. The van der Waals surface area contributed by atoms with Crippen LogP contribution in [0.25, 0.3) is 0 Å². The highest BCUT2D eigenvalue weighted by Crippen LogP contribution is 2.24. The molecule has 1 saturated carbocycles. The summed E-state index contributed by atoms with van der Waals surface area (Å²) < 4.78 is 0. The van der Waals surface area contributed by atoms with E-state index >= 15 is 0 Å². The van der Waals surface area contributed by atoms with Gasteiger partial charge in [-0.25, -0.2) is 4.98 Å². The third-order valence-electron chi connectivity index (χ3n) is 2.95. The molecular formula is C10H17N3. The van der Waals surface area contributed by atoms with Gasteiger partial charge in [0.05, 0.1) is 6.54 Å². The molecule has 0 aliphatic heterocycles. The average molecular weight is 179 g/mol. The number of rotatable bonds is 3. The van der Waals surface area contributed by atoms with Crippen LogP contribution in [0.4, 0.5) is 0 Å². The first-order chi connectivity index (χ1) is 6.36. The highest BCUT2D eigenvalue weighted by molar-refractivity contribution is 4.88. The van der Waals surface area contributed by atoms with Gasteiger partial charge < -0.3 is 10.3 Å². The molecular weight excluding hydrogens is 162 g/mol. The summed E-state index contributed by atoms with van der Waals surface area (Å²) in [5.74, 6) is 1.87. The maximum Gasteiger partial charge on any atom is 0.120 e. The predicted molar refractivity (Wildman–Crippen MR) is 52.2 cm³/mol. The van der Waals surface area contributed by atoms with E-state index in [-0.39, 0.29) is 0 Å². The van der Waals surface area contributed by atoms with E-state index in [0.29, 0.717) is 6.04 Å². The third kappa shape index (κ3) is 2.10. The fraction of sp³-hybridized carbons (Fsp3) is 0.700. The fourth-order valence-corrected chi connectivity index (χ4v) is 2.07. The Kier molecular flexibility index (Phi) is 2.64. The molecule has 0 saturated heterocycles. The summed E-state index contributed by atoms with van der Waals surface area (Å²) in [5, 5.41) is 3.54. The SMILES string of the molecule is CC1CCCC1NCc1ncc[nH]1. The number of nitrogens with one attached hydrogen (secondary N) is 2. The summed E-state index contributed by atoms with van der Waals surface area (Å²) in [7, 11) is 0. The van der Waals surface area contributed by atoms with Gasteiger partial charge in [0, 0.05) is 18.4 Å². The summed E-state index contributed by atoms with van der Waals surface area (Å²) in [6.07, 6.45) is 7.73. The molecule has 72 valence electrons. The zero-order valence-electron chi connectivity index (χ0n) is 8.09. The standard InChI is InChI=1S/C10H17N3/c1-8-3-2-4-9(8)13-7-10-11-5-6-12-10/h5-6,8-9,13H,2-4,7H2,1H3,(H,11,12). The molecule has 1 aromatic heterocycles. The van der Waals surface area contributed by atoms with E-state index in [1.165, 1.54) is 19.3 Å². The van der Waals surface area contributed by atoms with Crippen LogP contribution in [-0.2, 0) is 6.54 Å². The van der Waals surface area contributed by atoms with Crippen molar-refractivity contribution in [2.45, 2.75) is 38.8 Å². The van der Waals surface area contributed by atoms with Crippen molar-refractivity contribution in [3.05, 3.63) is 18.2 Å². The second-order valence-corrected chi connectivity index (χ2v) is 3.93. The lowest BCUT2D eigenvalue weighted by atomic mass is 10.1. The molecule has 13 heavy (non-hydrogen) atoms. The first-order valence-electron chi connectivity index (χ1n) is 5.08. The minimum absolute atomic E-state index is 0.699. The summed E-state index contributed by atoms with van der Waals surface area (Å²) >= 11 is 0. The van der Waals surface area contributed by atoms with Crippen molar-refractivity contribution < 1.29 is 0 Å². The Labute approximate surface area is 79.0 Å². The zero-order valence-corrected chi connectivity index (χ0v) is 8.09. The Hall–Kier alpha value is -0.830. The molecule has 3 heteroatoms. The minimum Gasteiger partial charge on any atom is -0.348 e. The van der Waals surface area contributed by atoms with Crippen molar-refractivity contribution in [2.24, 2.45) is 5.92 Å². The number of hydrogen-bond donors (Lipinski definition) is 2. The maximum atomic E-state index is 4.18. The van der Waals surface area contributed by atoms with Crippen molar-refractivity contribution in [1.29, 1.82) is 0 Å². The van der Waals surface area contributed by atoms with Gasteiger partial charge in [-0.2, -0.15) is 0 Å². The van der Waals surface area contributed by atoms with Crippen LogP contribution < -0.4 is 5.32 Å². The van der Waals surface area contributed by atoms with Crippen LogP contribution in [0, 0.1) is 5.92 Å². The molecule has 1 aliphatic rings. The molecule has 2 unspecified atom stereocenters. The number of nitrogens with zero attached hydrogens (tertiary/aromatic N) is 1. The van der Waals surface area contributed by atoms with Crippen molar-refractivity contribution in [3.63, 3.8) is 0 Å². The molecule has 1 fully saturated rings. The largest absolute Gasteiger partial charge is 0.348 e. The van der Waals surface area contributed by atoms with E-state index in [2.05, 4.69) is 22.2 Å². The van der Waals surface area contributed by atoms with Crippen molar-refractivity contribution >= 4 is 0 Å². The second kappa shape index (κ2) is 3.92. The molecule has 2 rings (SSSR count). The minimum atomic E-state index is 0.699. The first kappa shape index (κ1) is 8.75. The van der Waals surface area contributed by atoms with Gasteiger partial charge in [-0.15, -0.1) is 0 Å². The molecule has 0 spiro atoms. The number of imidazole rings is 1. The monoisotopic (exact) mass is 179 g/mol. The normalized spacial score (nSPS) is 28.1. The van der Waals surface area contributed by atoms with Crippen LogP contribution in [0.5, 0.6) is 0 Å². The van der Waals surface area contributed by atoms with Gasteiger partial charge in [0.15, 0.2) is 0 Å². The molecule has 1 aliphatic carbocycles. The lowest BCUT2D eigenvalue weighted by Crippen LogP contribution is -2.30. The molecule has 2 atom stereocenters. The Balaban J connectivity index is 1.79. The quantitative estimate of drug-likeness (QED) is 0.741. The molecule has 0 amide bonds. The smallest absolute Gasteiger partial charge is 0.120 e. The Morgan fingerprint density at radius 1 is 1.62 bits per heavy atom. The van der Waals surface area contributed by atoms with Crippen molar-refractivity contribution in [3.8, 4) is 0 Å². The molecule has 0 aromatic carbocycles. The number of H-pyrrole nitrogens is 1. The van der Waals surface area contributed by atoms with Gasteiger partial charge in [0.2, 0.25) is 0 Å². The summed E-state index contributed by atoms with van der Waals surface area (Å²) in [4.78, 5) is 7.29. The zero-order chi connectivity index (χ0) is 9.10. The van der Waals surface area contributed by atoms with E-state index in [1.807, 2.05) is 6.20 Å². The first-order valence-corrected chi connectivity index (χ1v) is 5.08. The average Bonchev–Trinajstić information content (AvgIpc) is 2.72. The maximum absolute atomic E-state index is 4.18. The third-order valence-corrected chi connectivity index (χ3v) is 2.95. The van der Waals surface area contributed by atoms with E-state index in [0.717, 1.165) is 18.3 Å². The van der Waals surface area contributed by atoms with Crippen LogP contribution in [0.1, 0.15) is 32.0 Å². The summed E-state index contributed by atoms with van der Waals surface area (Å²) in [6, 6.07) is 0.699. The van der Waals surface area contributed by atoms with Gasteiger partial charge in [-0.05, 0) is 18.8 Å². The molecule has 0 bridgehead atoms. The van der Waals surface area contributed by atoms with Crippen LogP contribution >= 0.6 is 0 Å². The Morgan fingerprint density at radius 2 is 2.54 bits per heavy atom. The molecule has 2 N–H and O–H groups in total. The number of hydrogen-bond acceptors (Lipinski definition) is 2. The Morgan fingerprint density at radius 3 is 3.15 bits per heavy atom. The van der Waals surface area contributed by atoms with E-state index < -0.39 is 0 Å². The van der Waals surface area contributed by atoms with Gasteiger partial charge in [-0.1, -0.05) is 13.3 Å². The van der Waals surface area contributed by atoms with E-state index in [9.17, 15) is 0 Å². The molecule has 0 radical (unpaired) electrons. The van der Waals surface area contributed by atoms with Crippen LogP contribution in [0.2, 0.25) is 0 Å². The van der Waals surface area contributed by atoms with Gasteiger partial charge >= 0.3 is 0 Å². The topological polar surface area (TPSA) is 40.7 Å². The molecule has 1 aromatic rings. The molecule has 1 heterocycles. The van der Waals surface area contributed by atoms with Crippen molar-refractivity contribution in [1.82, 2.24) is 15.3 Å². The van der Waals surface area contributed by atoms with Crippen LogP contribution in [-0.4, -0.2) is 16.0 Å². The van der Waals surface area contributed by atoms with Crippen molar-refractivity contribution in [2.75, 3.05) is 0 Å². The lowest BCUT2D eigenvalue weighted by Gasteiger charge is -2.15. The summed E-state index contributed by atoms with van der Waals surface area (Å²) in [6.45, 7) is 3.20. The van der Waals surface area contributed by atoms with Gasteiger partial charge in [-0.3, -0.25) is 0 Å². The second-order valence-electron chi connectivity index (χ2n) is 3.93. The van der Waals surface area contributed by atoms with Gasteiger partial charge in [0.1, 0.15) is 5.82 Å². The number of aromatic amines is 1. The fourth-order valence-electron chi connectivity index (χ4n) is 2.07. The van der Waals surface area contributed by atoms with Crippen LogP contribution in [0.3, 0.4) is 0 Å². The highest BCUT2D eigenvalue weighted by atomic mass is 15.0.